The van der Waals surface area contributed by atoms with Gasteiger partial charge in [0.1, 0.15) is 5.54 Å². The summed E-state index contributed by atoms with van der Waals surface area (Å²) >= 11 is 0. The summed E-state index contributed by atoms with van der Waals surface area (Å²) in [5.41, 5.74) is -1.06. The summed E-state index contributed by atoms with van der Waals surface area (Å²) in [5.74, 6) is -0.913. The molecule has 0 saturated heterocycles. The summed E-state index contributed by atoms with van der Waals surface area (Å²) < 4.78 is 0. The first-order valence-corrected chi connectivity index (χ1v) is 6.93. The monoisotopic (exact) mass is 271 g/mol. The van der Waals surface area contributed by atoms with Crippen LogP contribution < -0.4 is 10.6 Å². The summed E-state index contributed by atoms with van der Waals surface area (Å²) in [6.07, 6.45) is 4.66. The van der Waals surface area contributed by atoms with Gasteiger partial charge in [-0.15, -0.1) is 0 Å². The minimum Gasteiger partial charge on any atom is -0.480 e. The van der Waals surface area contributed by atoms with Crippen molar-refractivity contribution in [1.29, 1.82) is 0 Å². The summed E-state index contributed by atoms with van der Waals surface area (Å²) in [5, 5.41) is 15.1. The quantitative estimate of drug-likeness (QED) is 0.630. The molecule has 2 amide bonds. The average molecular weight is 271 g/mol. The fraction of sp³-hybridized carbons (Fsp3) is 0.846. The van der Waals surface area contributed by atoms with Crippen LogP contribution in [0.4, 0.5) is 4.79 Å². The first kappa shape index (κ1) is 15.8. The molecule has 19 heavy (non-hydrogen) atoms. The molecule has 1 fully saturated rings. The largest absolute Gasteiger partial charge is 0.480 e. The molecule has 0 bridgehead atoms. The lowest BCUT2D eigenvalue weighted by Crippen LogP contribution is -2.58. The highest BCUT2D eigenvalue weighted by Gasteiger charge is 2.41. The zero-order chi connectivity index (χ0) is 14.3. The number of hydrogen-bond donors (Lipinski definition) is 3. The predicted molar refractivity (Wildman–Crippen MR) is 73.2 cm³/mol. The zero-order valence-electron chi connectivity index (χ0n) is 11.9. The van der Waals surface area contributed by atoms with E-state index in [-0.39, 0.29) is 6.03 Å². The van der Waals surface area contributed by atoms with Gasteiger partial charge in [0, 0.05) is 13.6 Å². The van der Waals surface area contributed by atoms with Crippen LogP contribution in [-0.4, -0.2) is 54.7 Å². The molecule has 1 aliphatic carbocycles. The number of rotatable bonds is 6. The normalized spacial score (nSPS) is 17.8. The van der Waals surface area contributed by atoms with Gasteiger partial charge in [-0.05, 0) is 32.9 Å². The summed E-state index contributed by atoms with van der Waals surface area (Å²) in [6.45, 7) is 1.45. The van der Waals surface area contributed by atoms with Gasteiger partial charge < -0.3 is 20.6 Å². The second-order valence-electron chi connectivity index (χ2n) is 5.26. The van der Waals surface area contributed by atoms with Crippen LogP contribution in [0.1, 0.15) is 38.5 Å². The topological polar surface area (TPSA) is 81.7 Å². The van der Waals surface area contributed by atoms with Gasteiger partial charge in [0.05, 0.1) is 0 Å². The number of nitrogens with one attached hydrogen (secondary N) is 2. The Kier molecular flexibility index (Phi) is 6.08. The van der Waals surface area contributed by atoms with Crippen molar-refractivity contribution >= 4 is 12.0 Å². The van der Waals surface area contributed by atoms with Crippen molar-refractivity contribution in [3.05, 3.63) is 0 Å². The Bertz CT molecular complexity index is 314. The molecule has 0 radical (unpaired) electrons. The highest BCUT2D eigenvalue weighted by Crippen LogP contribution is 2.28. The highest BCUT2D eigenvalue weighted by molar-refractivity contribution is 5.86. The Balaban J connectivity index is 2.54. The number of nitrogens with zero attached hydrogens (tertiary/aromatic N) is 1. The Morgan fingerprint density at radius 3 is 2.42 bits per heavy atom. The van der Waals surface area contributed by atoms with E-state index in [0.717, 1.165) is 32.2 Å². The molecular formula is C13H25N3O3. The fourth-order valence-corrected chi connectivity index (χ4v) is 2.44. The van der Waals surface area contributed by atoms with E-state index in [1.165, 1.54) is 0 Å². The van der Waals surface area contributed by atoms with E-state index < -0.39 is 11.5 Å². The second kappa shape index (κ2) is 7.33. The molecule has 6 nitrogen and oxygen atoms in total. The maximum Gasteiger partial charge on any atom is 0.329 e. The molecule has 0 heterocycles. The molecule has 1 saturated carbocycles. The van der Waals surface area contributed by atoms with E-state index in [1.807, 2.05) is 7.05 Å². The molecule has 0 aromatic carbocycles. The van der Waals surface area contributed by atoms with Crippen molar-refractivity contribution in [2.75, 3.05) is 27.2 Å². The second-order valence-corrected chi connectivity index (χ2v) is 5.26. The van der Waals surface area contributed by atoms with Gasteiger partial charge in [-0.1, -0.05) is 19.3 Å². The molecule has 0 spiro atoms. The van der Waals surface area contributed by atoms with Crippen molar-refractivity contribution in [2.24, 2.45) is 0 Å². The Hall–Kier alpha value is -1.30. The number of urea groups is 1. The molecule has 0 aliphatic heterocycles. The van der Waals surface area contributed by atoms with Crippen molar-refractivity contribution in [2.45, 2.75) is 44.1 Å². The fourth-order valence-electron chi connectivity index (χ4n) is 2.44. The number of aliphatic carboxylic acids is 1. The van der Waals surface area contributed by atoms with Crippen LogP contribution >= 0.6 is 0 Å². The molecule has 3 N–H and O–H groups in total. The zero-order valence-corrected chi connectivity index (χ0v) is 11.9. The molecule has 0 unspecified atom stereocenters. The van der Waals surface area contributed by atoms with Crippen molar-refractivity contribution in [3.63, 3.8) is 0 Å². The van der Waals surface area contributed by atoms with Gasteiger partial charge in [0.15, 0.2) is 0 Å². The highest BCUT2D eigenvalue weighted by atomic mass is 16.4. The minimum absolute atomic E-state index is 0.291. The van der Waals surface area contributed by atoms with Gasteiger partial charge in [-0.25, -0.2) is 9.59 Å². The number of carbonyl (C=O) groups is 2. The molecule has 1 rings (SSSR count). The Morgan fingerprint density at radius 1 is 1.26 bits per heavy atom. The first-order valence-electron chi connectivity index (χ1n) is 6.93. The number of amides is 2. The number of carboxylic acid groups (broad SMARTS) is 1. The lowest BCUT2D eigenvalue weighted by Gasteiger charge is -2.35. The van der Waals surface area contributed by atoms with E-state index >= 15 is 0 Å². The van der Waals surface area contributed by atoms with Crippen LogP contribution in [0.25, 0.3) is 0 Å². The molecule has 0 aromatic heterocycles. The van der Waals surface area contributed by atoms with Gasteiger partial charge in [0.2, 0.25) is 0 Å². The lowest BCUT2D eigenvalue weighted by molar-refractivity contribution is -0.145. The molecule has 0 atom stereocenters. The standard InChI is InChI=1S/C13H25N3O3/c1-14-9-6-10-16(2)12(19)15-13(11(17)18)7-4-3-5-8-13/h14H,3-10H2,1-2H3,(H,15,19)(H,17,18). The van der Waals surface area contributed by atoms with Gasteiger partial charge in [-0.3, -0.25) is 0 Å². The van der Waals surface area contributed by atoms with Gasteiger partial charge >= 0.3 is 12.0 Å². The molecule has 0 aromatic rings. The number of carboxylic acids is 1. The first-order chi connectivity index (χ1) is 9.02. The van der Waals surface area contributed by atoms with Gasteiger partial charge in [-0.2, -0.15) is 0 Å². The van der Waals surface area contributed by atoms with E-state index in [0.29, 0.717) is 19.4 Å². The third-order valence-electron chi connectivity index (χ3n) is 3.73. The van der Waals surface area contributed by atoms with Crippen molar-refractivity contribution < 1.29 is 14.7 Å². The Morgan fingerprint density at radius 2 is 1.89 bits per heavy atom. The van der Waals surface area contributed by atoms with E-state index in [2.05, 4.69) is 10.6 Å². The number of hydrogen-bond acceptors (Lipinski definition) is 3. The van der Waals surface area contributed by atoms with Crippen molar-refractivity contribution in [1.82, 2.24) is 15.5 Å². The summed E-state index contributed by atoms with van der Waals surface area (Å²) in [4.78, 5) is 25.0. The summed E-state index contributed by atoms with van der Waals surface area (Å²) in [7, 11) is 3.56. The van der Waals surface area contributed by atoms with E-state index in [1.54, 1.807) is 11.9 Å². The van der Waals surface area contributed by atoms with Crippen LogP contribution in [0.5, 0.6) is 0 Å². The average Bonchev–Trinajstić information content (AvgIpc) is 2.39. The molecule has 1 aliphatic rings. The third kappa shape index (κ3) is 4.38. The van der Waals surface area contributed by atoms with E-state index in [9.17, 15) is 14.7 Å². The Labute approximate surface area is 114 Å². The van der Waals surface area contributed by atoms with Crippen LogP contribution in [-0.2, 0) is 4.79 Å². The van der Waals surface area contributed by atoms with E-state index in [4.69, 9.17) is 0 Å². The molecule has 110 valence electrons. The van der Waals surface area contributed by atoms with Crippen LogP contribution in [0, 0.1) is 0 Å². The predicted octanol–water partition coefficient (Wildman–Crippen LogP) is 1.02. The van der Waals surface area contributed by atoms with Crippen LogP contribution in [0.2, 0.25) is 0 Å². The smallest absolute Gasteiger partial charge is 0.329 e. The molecule has 6 heteroatoms. The SMILES string of the molecule is CNCCCN(C)C(=O)NC1(C(=O)O)CCCCC1. The maximum atomic E-state index is 12.0. The van der Waals surface area contributed by atoms with Crippen LogP contribution in [0.3, 0.4) is 0 Å². The maximum absolute atomic E-state index is 12.0. The third-order valence-corrected chi connectivity index (χ3v) is 3.73. The number of carbonyl (C=O) groups excluding carboxylic acids is 1. The summed E-state index contributed by atoms with van der Waals surface area (Å²) in [6, 6.07) is -0.291. The molecular weight excluding hydrogens is 246 g/mol. The van der Waals surface area contributed by atoms with Crippen molar-refractivity contribution in [3.8, 4) is 0 Å². The van der Waals surface area contributed by atoms with Gasteiger partial charge in [0.25, 0.3) is 0 Å². The van der Waals surface area contributed by atoms with Crippen LogP contribution in [0.15, 0.2) is 0 Å². The minimum atomic E-state index is -1.06. The lowest BCUT2D eigenvalue weighted by atomic mass is 9.82.